The van der Waals surface area contributed by atoms with E-state index in [1.54, 1.807) is 19.1 Å². The normalized spacial score (nSPS) is 13.8. The lowest BCUT2D eigenvalue weighted by Gasteiger charge is -2.28. The number of aryl methyl sites for hydroxylation is 1. The summed E-state index contributed by atoms with van der Waals surface area (Å²) in [5, 5.41) is 3.29. The highest BCUT2D eigenvalue weighted by molar-refractivity contribution is 7.80. The third-order valence-corrected chi connectivity index (χ3v) is 4.03. The first-order valence-corrected chi connectivity index (χ1v) is 6.48. The van der Waals surface area contributed by atoms with E-state index < -0.39 is 5.54 Å². The Bertz CT molecular complexity index is 490. The first-order chi connectivity index (χ1) is 8.31. The summed E-state index contributed by atoms with van der Waals surface area (Å²) in [5.74, 6) is -0.263. The minimum Gasteiger partial charge on any atom is -0.391 e. The smallest absolute Gasteiger partial charge is 0.253 e. The molecule has 3 N–H and O–H groups in total. The molecular weight excluding hydrogens is 268 g/mol. The molecule has 0 aromatic heterocycles. The molecule has 0 fully saturated rings. The molecule has 0 radical (unpaired) electrons. The van der Waals surface area contributed by atoms with Crippen molar-refractivity contribution in [2.45, 2.75) is 32.7 Å². The lowest BCUT2D eigenvalue weighted by molar-refractivity contribution is 0.0926. The van der Waals surface area contributed by atoms with Crippen molar-refractivity contribution in [3.05, 3.63) is 34.3 Å². The van der Waals surface area contributed by atoms with Crippen LogP contribution in [0, 0.1) is 6.92 Å². The summed E-state index contributed by atoms with van der Waals surface area (Å²) >= 11 is 11.1. The van der Waals surface area contributed by atoms with Crippen LogP contribution in [0.2, 0.25) is 5.02 Å². The SMILES string of the molecule is CCC(C)(NC(=O)c1cccc(C)c1Cl)C(N)=S. The van der Waals surface area contributed by atoms with E-state index in [-0.39, 0.29) is 10.9 Å². The van der Waals surface area contributed by atoms with Crippen LogP contribution in [0.5, 0.6) is 0 Å². The number of hydrogen-bond acceptors (Lipinski definition) is 2. The van der Waals surface area contributed by atoms with Gasteiger partial charge in [-0.3, -0.25) is 4.79 Å². The van der Waals surface area contributed by atoms with E-state index in [2.05, 4.69) is 5.32 Å². The fourth-order valence-electron chi connectivity index (χ4n) is 1.46. The molecule has 3 nitrogen and oxygen atoms in total. The third-order valence-electron chi connectivity index (χ3n) is 3.08. The molecule has 0 spiro atoms. The van der Waals surface area contributed by atoms with Gasteiger partial charge in [0, 0.05) is 0 Å². The van der Waals surface area contributed by atoms with E-state index in [4.69, 9.17) is 29.6 Å². The van der Waals surface area contributed by atoms with Gasteiger partial charge in [0.2, 0.25) is 0 Å². The zero-order valence-corrected chi connectivity index (χ0v) is 12.3. The number of carbonyl (C=O) groups excluding carboxylic acids is 1. The first kappa shape index (κ1) is 14.9. The molecule has 1 unspecified atom stereocenters. The molecule has 0 saturated heterocycles. The van der Waals surface area contributed by atoms with Crippen LogP contribution in [-0.2, 0) is 0 Å². The standard InChI is InChI=1S/C13H17ClN2OS/c1-4-13(3,12(15)18)16-11(17)9-7-5-6-8(2)10(9)14/h5-7H,4H2,1-3H3,(H2,15,18)(H,16,17). The summed E-state index contributed by atoms with van der Waals surface area (Å²) in [4.78, 5) is 12.5. The van der Waals surface area contributed by atoms with Crippen LogP contribution >= 0.6 is 23.8 Å². The average Bonchev–Trinajstić information content (AvgIpc) is 2.32. The fourth-order valence-corrected chi connectivity index (χ4v) is 1.87. The van der Waals surface area contributed by atoms with Crippen LogP contribution in [0.25, 0.3) is 0 Å². The quantitative estimate of drug-likeness (QED) is 0.836. The highest BCUT2D eigenvalue weighted by atomic mass is 35.5. The molecule has 0 saturated carbocycles. The zero-order valence-electron chi connectivity index (χ0n) is 10.7. The van der Waals surface area contributed by atoms with Crippen molar-refractivity contribution >= 4 is 34.7 Å². The average molecular weight is 285 g/mol. The van der Waals surface area contributed by atoms with Crippen LogP contribution in [0.15, 0.2) is 18.2 Å². The van der Waals surface area contributed by atoms with Gasteiger partial charge in [0.05, 0.1) is 21.1 Å². The van der Waals surface area contributed by atoms with Gasteiger partial charge in [0.1, 0.15) is 0 Å². The van der Waals surface area contributed by atoms with Gasteiger partial charge in [0.25, 0.3) is 5.91 Å². The number of nitrogens with one attached hydrogen (secondary N) is 1. The number of thiocarbonyl (C=S) groups is 1. The Balaban J connectivity index is 3.02. The van der Waals surface area contributed by atoms with Crippen molar-refractivity contribution in [2.75, 3.05) is 0 Å². The predicted octanol–water partition coefficient (Wildman–Crippen LogP) is 2.83. The van der Waals surface area contributed by atoms with Crippen molar-refractivity contribution < 1.29 is 4.79 Å². The summed E-state index contributed by atoms with van der Waals surface area (Å²) < 4.78 is 0. The molecule has 1 amide bonds. The number of amides is 1. The second kappa shape index (κ2) is 5.67. The second-order valence-electron chi connectivity index (χ2n) is 4.44. The van der Waals surface area contributed by atoms with Crippen LogP contribution in [-0.4, -0.2) is 16.4 Å². The summed E-state index contributed by atoms with van der Waals surface area (Å²) in [6.45, 7) is 5.57. The Hall–Kier alpha value is -1.13. The fraction of sp³-hybridized carbons (Fsp3) is 0.385. The minimum absolute atomic E-state index is 0.263. The largest absolute Gasteiger partial charge is 0.391 e. The second-order valence-corrected chi connectivity index (χ2v) is 5.26. The van der Waals surface area contributed by atoms with Gasteiger partial charge in [-0.25, -0.2) is 0 Å². The van der Waals surface area contributed by atoms with Gasteiger partial charge in [-0.05, 0) is 31.9 Å². The Morgan fingerprint density at radius 3 is 2.67 bits per heavy atom. The monoisotopic (exact) mass is 284 g/mol. The maximum absolute atomic E-state index is 12.2. The molecule has 18 heavy (non-hydrogen) atoms. The summed E-state index contributed by atoms with van der Waals surface area (Å²) in [6.07, 6.45) is 0.623. The Morgan fingerprint density at radius 2 is 2.17 bits per heavy atom. The van der Waals surface area contributed by atoms with Crippen molar-refractivity contribution in [2.24, 2.45) is 5.73 Å². The Morgan fingerprint density at radius 1 is 1.56 bits per heavy atom. The molecule has 5 heteroatoms. The molecule has 0 aliphatic rings. The lowest BCUT2D eigenvalue weighted by atomic mass is 9.98. The van der Waals surface area contributed by atoms with E-state index in [1.807, 2.05) is 19.9 Å². The van der Waals surface area contributed by atoms with Crippen molar-refractivity contribution in [3.63, 3.8) is 0 Å². The maximum Gasteiger partial charge on any atom is 0.253 e. The van der Waals surface area contributed by atoms with Gasteiger partial charge >= 0.3 is 0 Å². The molecule has 0 heterocycles. The van der Waals surface area contributed by atoms with Gasteiger partial charge in [-0.1, -0.05) is 42.9 Å². The maximum atomic E-state index is 12.2. The van der Waals surface area contributed by atoms with Gasteiger partial charge < -0.3 is 11.1 Å². The van der Waals surface area contributed by atoms with Crippen LogP contribution < -0.4 is 11.1 Å². The number of halogens is 1. The Labute approximate surface area is 118 Å². The third kappa shape index (κ3) is 3.00. The number of nitrogens with two attached hydrogens (primary N) is 1. The van der Waals surface area contributed by atoms with E-state index in [9.17, 15) is 4.79 Å². The van der Waals surface area contributed by atoms with Crippen LogP contribution in [0.4, 0.5) is 0 Å². The minimum atomic E-state index is -0.695. The Kier molecular flexibility index (Phi) is 4.71. The molecule has 1 rings (SSSR count). The van der Waals surface area contributed by atoms with Crippen molar-refractivity contribution in [1.82, 2.24) is 5.32 Å². The topological polar surface area (TPSA) is 55.1 Å². The van der Waals surface area contributed by atoms with E-state index in [1.165, 1.54) is 0 Å². The van der Waals surface area contributed by atoms with E-state index in [0.717, 1.165) is 5.56 Å². The molecular formula is C13H17ClN2OS. The lowest BCUT2D eigenvalue weighted by Crippen LogP contribution is -2.54. The van der Waals surface area contributed by atoms with E-state index in [0.29, 0.717) is 17.0 Å². The zero-order chi connectivity index (χ0) is 13.9. The highest BCUT2D eigenvalue weighted by Gasteiger charge is 2.28. The number of hydrogen-bond donors (Lipinski definition) is 2. The summed E-state index contributed by atoms with van der Waals surface area (Å²) in [6, 6.07) is 5.33. The van der Waals surface area contributed by atoms with Crippen LogP contribution in [0.3, 0.4) is 0 Å². The van der Waals surface area contributed by atoms with Gasteiger partial charge in [-0.2, -0.15) is 0 Å². The summed E-state index contributed by atoms with van der Waals surface area (Å²) in [7, 11) is 0. The van der Waals surface area contributed by atoms with Crippen molar-refractivity contribution in [1.29, 1.82) is 0 Å². The number of rotatable bonds is 4. The molecule has 0 aliphatic heterocycles. The molecule has 0 aliphatic carbocycles. The highest BCUT2D eigenvalue weighted by Crippen LogP contribution is 2.21. The summed E-state index contributed by atoms with van der Waals surface area (Å²) in [5.41, 5.74) is 6.26. The number of benzene rings is 1. The van der Waals surface area contributed by atoms with Gasteiger partial charge in [0.15, 0.2) is 0 Å². The van der Waals surface area contributed by atoms with E-state index >= 15 is 0 Å². The molecule has 98 valence electrons. The molecule has 1 aromatic rings. The molecule has 0 bridgehead atoms. The number of carbonyl (C=O) groups is 1. The molecule has 1 aromatic carbocycles. The predicted molar refractivity (Wildman–Crippen MR) is 79.1 cm³/mol. The van der Waals surface area contributed by atoms with Crippen molar-refractivity contribution in [3.8, 4) is 0 Å². The molecule has 1 atom stereocenters. The van der Waals surface area contributed by atoms with Gasteiger partial charge in [-0.15, -0.1) is 0 Å². The first-order valence-electron chi connectivity index (χ1n) is 5.69. The van der Waals surface area contributed by atoms with Crippen LogP contribution in [0.1, 0.15) is 36.2 Å².